The topological polar surface area (TPSA) is 46.6 Å². The van der Waals surface area contributed by atoms with Crippen molar-refractivity contribution in [2.75, 3.05) is 13.2 Å². The molecule has 0 saturated heterocycles. The van der Waals surface area contributed by atoms with Crippen molar-refractivity contribution in [2.45, 2.75) is 24.8 Å². The van der Waals surface area contributed by atoms with Gasteiger partial charge in [-0.2, -0.15) is 0 Å². The second kappa shape index (κ2) is 8.57. The third-order valence-corrected chi connectivity index (χ3v) is 6.70. The number of halogens is 2. The normalized spacial score (nSPS) is 18.2. The fraction of sp³-hybridized carbons (Fsp3) is 0.250. The summed E-state index contributed by atoms with van der Waals surface area (Å²) in [6, 6.07) is 12.1. The Hall–Kier alpha value is -1.66. The molecular weight excluding hydrogens is 405 g/mol. The van der Waals surface area contributed by atoms with Gasteiger partial charge >= 0.3 is 5.97 Å². The number of aryl methyl sites for hydroxylation is 1. The molecule has 0 aliphatic carbocycles. The molecule has 2 unspecified atom stereocenters. The van der Waals surface area contributed by atoms with Crippen LogP contribution in [0, 0.1) is 6.92 Å². The Bertz CT molecular complexity index is 929. The van der Waals surface area contributed by atoms with Gasteiger partial charge < -0.3 is 4.74 Å². The predicted molar refractivity (Wildman–Crippen MR) is 108 cm³/mol. The largest absolute Gasteiger partial charge is 0.463 e. The van der Waals surface area contributed by atoms with Gasteiger partial charge in [0.15, 0.2) is 0 Å². The molecule has 0 bridgehead atoms. The monoisotopic (exact) mass is 423 g/mol. The quantitative estimate of drug-likeness (QED) is 0.644. The first-order valence-corrected chi connectivity index (χ1v) is 10.4. The Balaban J connectivity index is 2.03. The number of hydrogen-bond acceptors (Lipinski definition) is 3. The molecule has 0 amide bonds. The SMILES string of the molecule is CCOC(=O)C1=CCN(S(=O)c2ccccc2C)C1c1ccc(Cl)c(Cl)c1. The standard InChI is InChI=1S/C20H19Cl2NO3S/c1-3-26-20(24)15-10-11-23(27(25)18-7-5-4-6-13(18)2)19(15)14-8-9-16(21)17(22)12-14/h4-10,12,19H,3,11H2,1-2H3. The lowest BCUT2D eigenvalue weighted by Gasteiger charge is -2.26. The molecule has 2 atom stereocenters. The van der Waals surface area contributed by atoms with E-state index in [1.54, 1.807) is 35.5 Å². The lowest BCUT2D eigenvalue weighted by atomic mass is 10.0. The first kappa shape index (κ1) is 20.1. The van der Waals surface area contributed by atoms with Crippen molar-refractivity contribution in [2.24, 2.45) is 0 Å². The zero-order valence-corrected chi connectivity index (χ0v) is 17.3. The Kier molecular flexibility index (Phi) is 6.37. The molecule has 2 aromatic carbocycles. The Morgan fingerprint density at radius 3 is 2.63 bits per heavy atom. The smallest absolute Gasteiger partial charge is 0.335 e. The molecule has 27 heavy (non-hydrogen) atoms. The van der Waals surface area contributed by atoms with E-state index in [9.17, 15) is 9.00 Å². The molecule has 0 saturated carbocycles. The van der Waals surface area contributed by atoms with Crippen LogP contribution in [0.4, 0.5) is 0 Å². The molecule has 3 rings (SSSR count). The molecule has 142 valence electrons. The van der Waals surface area contributed by atoms with E-state index >= 15 is 0 Å². The maximum absolute atomic E-state index is 13.3. The number of carbonyl (C=O) groups excluding carboxylic acids is 1. The first-order valence-electron chi connectivity index (χ1n) is 8.50. The molecule has 0 spiro atoms. The number of rotatable bonds is 5. The van der Waals surface area contributed by atoms with E-state index in [2.05, 4.69) is 0 Å². The summed E-state index contributed by atoms with van der Waals surface area (Å²) < 4.78 is 20.3. The summed E-state index contributed by atoms with van der Waals surface area (Å²) in [7, 11) is -1.46. The van der Waals surface area contributed by atoms with E-state index in [4.69, 9.17) is 27.9 Å². The van der Waals surface area contributed by atoms with Crippen LogP contribution in [0.5, 0.6) is 0 Å². The molecular formula is C20H19Cl2NO3S. The maximum atomic E-state index is 13.3. The Morgan fingerprint density at radius 1 is 1.22 bits per heavy atom. The van der Waals surface area contributed by atoms with Gasteiger partial charge in [0.25, 0.3) is 0 Å². The molecule has 1 aliphatic rings. The second-order valence-corrected chi connectivity index (χ2v) is 8.29. The summed E-state index contributed by atoms with van der Waals surface area (Å²) in [5.41, 5.74) is 2.12. The number of nitrogens with zero attached hydrogens (tertiary/aromatic N) is 1. The number of carbonyl (C=O) groups is 1. The summed E-state index contributed by atoms with van der Waals surface area (Å²) in [5, 5.41) is 0.803. The van der Waals surface area contributed by atoms with E-state index in [1.165, 1.54) is 0 Å². The number of hydrogen-bond donors (Lipinski definition) is 0. The van der Waals surface area contributed by atoms with Crippen LogP contribution >= 0.6 is 23.2 Å². The summed E-state index contributed by atoms with van der Waals surface area (Å²) in [5.74, 6) is -0.419. The molecule has 2 aromatic rings. The molecule has 1 aliphatic heterocycles. The van der Waals surface area contributed by atoms with Crippen molar-refractivity contribution >= 4 is 40.2 Å². The molecule has 0 N–H and O–H groups in total. The van der Waals surface area contributed by atoms with Crippen LogP contribution in [0.15, 0.2) is 59.0 Å². The minimum atomic E-state index is -1.46. The molecule has 7 heteroatoms. The number of esters is 1. The van der Waals surface area contributed by atoms with Crippen LogP contribution < -0.4 is 0 Å². The van der Waals surface area contributed by atoms with E-state index in [0.717, 1.165) is 11.1 Å². The van der Waals surface area contributed by atoms with Crippen LogP contribution in [0.25, 0.3) is 0 Å². The van der Waals surface area contributed by atoms with E-state index < -0.39 is 23.0 Å². The van der Waals surface area contributed by atoms with Gasteiger partial charge in [0.1, 0.15) is 11.0 Å². The van der Waals surface area contributed by atoms with Gasteiger partial charge in [0.2, 0.25) is 0 Å². The van der Waals surface area contributed by atoms with Crippen molar-refractivity contribution in [3.63, 3.8) is 0 Å². The zero-order valence-electron chi connectivity index (χ0n) is 14.9. The van der Waals surface area contributed by atoms with Crippen LogP contribution in [0.1, 0.15) is 24.1 Å². The summed E-state index contributed by atoms with van der Waals surface area (Å²) in [4.78, 5) is 13.2. The fourth-order valence-corrected chi connectivity index (χ4v) is 4.77. The number of benzene rings is 2. The predicted octanol–water partition coefficient (Wildman–Crippen LogP) is 4.87. The summed E-state index contributed by atoms with van der Waals surface area (Å²) >= 11 is 12.2. The number of ether oxygens (including phenoxy) is 1. The molecule has 0 fully saturated rings. The van der Waals surface area contributed by atoms with Crippen LogP contribution in [-0.2, 0) is 20.5 Å². The lowest BCUT2D eigenvalue weighted by Crippen LogP contribution is -2.30. The van der Waals surface area contributed by atoms with Gasteiger partial charge in [-0.15, -0.1) is 0 Å². The minimum Gasteiger partial charge on any atom is -0.463 e. The first-order chi connectivity index (χ1) is 12.9. The average molecular weight is 424 g/mol. The molecule has 1 heterocycles. The lowest BCUT2D eigenvalue weighted by molar-refractivity contribution is -0.138. The van der Waals surface area contributed by atoms with Gasteiger partial charge in [-0.3, -0.25) is 0 Å². The summed E-state index contributed by atoms with van der Waals surface area (Å²) in [6.45, 7) is 4.30. The van der Waals surface area contributed by atoms with E-state index in [1.807, 2.05) is 31.2 Å². The Morgan fingerprint density at radius 2 is 1.96 bits per heavy atom. The Labute approximate surface area is 171 Å². The van der Waals surface area contributed by atoms with Gasteiger partial charge in [0.05, 0.1) is 33.2 Å². The van der Waals surface area contributed by atoms with Gasteiger partial charge in [-0.05, 0) is 43.2 Å². The van der Waals surface area contributed by atoms with E-state index in [-0.39, 0.29) is 6.61 Å². The molecule has 4 nitrogen and oxygen atoms in total. The van der Waals surface area contributed by atoms with Crippen molar-refractivity contribution < 1.29 is 13.7 Å². The highest BCUT2D eigenvalue weighted by Gasteiger charge is 2.37. The van der Waals surface area contributed by atoms with Crippen molar-refractivity contribution in [3.05, 3.63) is 75.3 Å². The summed E-state index contributed by atoms with van der Waals surface area (Å²) in [6.07, 6.45) is 1.77. The maximum Gasteiger partial charge on any atom is 0.335 e. The van der Waals surface area contributed by atoms with Gasteiger partial charge in [-0.25, -0.2) is 13.3 Å². The highest BCUT2D eigenvalue weighted by Crippen LogP contribution is 2.39. The van der Waals surface area contributed by atoms with Gasteiger partial charge in [-0.1, -0.05) is 53.5 Å². The average Bonchev–Trinajstić information content (AvgIpc) is 3.09. The highest BCUT2D eigenvalue weighted by atomic mass is 35.5. The van der Waals surface area contributed by atoms with Gasteiger partial charge in [0, 0.05) is 6.54 Å². The van der Waals surface area contributed by atoms with Crippen molar-refractivity contribution in [1.82, 2.24) is 4.31 Å². The van der Waals surface area contributed by atoms with Crippen LogP contribution in [0.2, 0.25) is 10.0 Å². The van der Waals surface area contributed by atoms with Crippen molar-refractivity contribution in [1.29, 1.82) is 0 Å². The fourth-order valence-electron chi connectivity index (χ4n) is 3.04. The van der Waals surface area contributed by atoms with Crippen LogP contribution in [0.3, 0.4) is 0 Å². The van der Waals surface area contributed by atoms with E-state index in [0.29, 0.717) is 27.1 Å². The second-order valence-electron chi connectivity index (χ2n) is 6.07. The minimum absolute atomic E-state index is 0.269. The highest BCUT2D eigenvalue weighted by molar-refractivity contribution is 7.82. The van der Waals surface area contributed by atoms with Crippen LogP contribution in [-0.4, -0.2) is 27.6 Å². The van der Waals surface area contributed by atoms with Crippen molar-refractivity contribution in [3.8, 4) is 0 Å². The third kappa shape index (κ3) is 4.11. The molecule has 0 aromatic heterocycles. The third-order valence-electron chi connectivity index (χ3n) is 4.34. The molecule has 0 radical (unpaired) electrons. The zero-order chi connectivity index (χ0) is 19.6.